The number of para-hydroxylation sites is 1. The van der Waals surface area contributed by atoms with E-state index in [0.29, 0.717) is 44.2 Å². The summed E-state index contributed by atoms with van der Waals surface area (Å²) in [4.78, 5) is 26.6. The van der Waals surface area contributed by atoms with Crippen molar-refractivity contribution >= 4 is 11.8 Å². The number of benzene rings is 2. The summed E-state index contributed by atoms with van der Waals surface area (Å²) in [5, 5.41) is 11.0. The first-order valence-corrected chi connectivity index (χ1v) is 8.62. The minimum atomic E-state index is -0.416. The Labute approximate surface area is 157 Å². The van der Waals surface area contributed by atoms with Gasteiger partial charge in [-0.2, -0.15) is 0 Å². The van der Waals surface area contributed by atoms with Gasteiger partial charge in [0.1, 0.15) is 11.5 Å². The molecule has 8 nitrogen and oxygen atoms in total. The summed E-state index contributed by atoms with van der Waals surface area (Å²) in [5.41, 5.74) is 0.794. The average Bonchev–Trinajstić information content (AvgIpc) is 2.69. The molecule has 1 aliphatic rings. The van der Waals surface area contributed by atoms with Crippen LogP contribution in [0.3, 0.4) is 0 Å². The maximum absolute atomic E-state index is 12.2. The Kier molecular flexibility index (Phi) is 5.87. The molecule has 0 aliphatic carbocycles. The normalized spacial score (nSPS) is 14.6. The minimum absolute atomic E-state index is 0.0378. The second kappa shape index (κ2) is 8.50. The monoisotopic (exact) mass is 371 g/mol. The van der Waals surface area contributed by atoms with E-state index in [1.807, 2.05) is 18.2 Å². The van der Waals surface area contributed by atoms with Gasteiger partial charge in [0, 0.05) is 50.4 Å². The van der Waals surface area contributed by atoms with Crippen molar-refractivity contribution in [3.8, 4) is 11.5 Å². The Morgan fingerprint density at radius 1 is 1.11 bits per heavy atom. The number of piperazine rings is 1. The Morgan fingerprint density at radius 2 is 1.81 bits per heavy atom. The molecule has 0 aromatic heterocycles. The molecule has 0 N–H and O–H groups in total. The van der Waals surface area contributed by atoms with Crippen LogP contribution in [0.15, 0.2) is 48.5 Å². The molecule has 0 radical (unpaired) electrons. The number of carbonyl (C=O) groups excluding carboxylic acids is 1. The van der Waals surface area contributed by atoms with Gasteiger partial charge in [0.25, 0.3) is 5.69 Å². The maximum Gasteiger partial charge on any atom is 0.415 e. The number of nitro groups is 1. The summed E-state index contributed by atoms with van der Waals surface area (Å²) in [5.74, 6) is 1.14. The molecule has 1 heterocycles. The lowest BCUT2D eigenvalue weighted by molar-refractivity contribution is -0.385. The molecule has 1 fully saturated rings. The minimum Gasteiger partial charge on any atom is -0.496 e. The van der Waals surface area contributed by atoms with E-state index in [-0.39, 0.29) is 11.8 Å². The first kappa shape index (κ1) is 18.7. The van der Waals surface area contributed by atoms with Crippen molar-refractivity contribution in [3.05, 3.63) is 64.2 Å². The number of non-ortho nitro benzene ring substituents is 1. The first-order chi connectivity index (χ1) is 13.1. The van der Waals surface area contributed by atoms with Gasteiger partial charge >= 0.3 is 6.09 Å². The van der Waals surface area contributed by atoms with Crippen LogP contribution in [0.1, 0.15) is 5.56 Å². The lowest BCUT2D eigenvalue weighted by Gasteiger charge is -2.34. The molecule has 1 saturated heterocycles. The van der Waals surface area contributed by atoms with Gasteiger partial charge in [-0.05, 0) is 18.2 Å². The van der Waals surface area contributed by atoms with Crippen molar-refractivity contribution in [2.75, 3.05) is 33.3 Å². The third-order valence-corrected chi connectivity index (χ3v) is 4.45. The molecule has 1 amide bonds. The van der Waals surface area contributed by atoms with Gasteiger partial charge in [-0.3, -0.25) is 15.0 Å². The molecule has 0 atom stereocenters. The fraction of sp³-hybridized carbons (Fsp3) is 0.316. The molecule has 0 bridgehead atoms. The number of ether oxygens (including phenoxy) is 2. The highest BCUT2D eigenvalue weighted by atomic mass is 16.6. The SMILES string of the molecule is COc1ccc([N+](=O)[O-])cc1CN1CCN(C(=O)Oc2ccccc2)CC1. The fourth-order valence-electron chi connectivity index (χ4n) is 2.99. The lowest BCUT2D eigenvalue weighted by Crippen LogP contribution is -2.49. The molecule has 2 aromatic carbocycles. The molecule has 8 heteroatoms. The highest BCUT2D eigenvalue weighted by Crippen LogP contribution is 2.25. The quantitative estimate of drug-likeness (QED) is 0.593. The van der Waals surface area contributed by atoms with Crippen LogP contribution < -0.4 is 9.47 Å². The summed E-state index contributed by atoms with van der Waals surface area (Å²) < 4.78 is 10.7. The Morgan fingerprint density at radius 3 is 2.44 bits per heavy atom. The number of methoxy groups -OCH3 is 1. The number of hydrogen-bond acceptors (Lipinski definition) is 6. The van der Waals surface area contributed by atoms with Crippen LogP contribution in [0.25, 0.3) is 0 Å². The van der Waals surface area contributed by atoms with Gasteiger partial charge in [-0.1, -0.05) is 18.2 Å². The molecular formula is C19H21N3O5. The second-order valence-electron chi connectivity index (χ2n) is 6.20. The highest BCUT2D eigenvalue weighted by Gasteiger charge is 2.24. The number of nitrogens with zero attached hydrogens (tertiary/aromatic N) is 3. The predicted octanol–water partition coefficient (Wildman–Crippen LogP) is 2.92. The van der Waals surface area contributed by atoms with Crippen LogP contribution in [-0.2, 0) is 6.54 Å². The van der Waals surface area contributed by atoms with Gasteiger partial charge in [-0.25, -0.2) is 4.79 Å². The fourth-order valence-corrected chi connectivity index (χ4v) is 2.99. The van der Waals surface area contributed by atoms with Crippen LogP contribution in [0.2, 0.25) is 0 Å². The van der Waals surface area contributed by atoms with Gasteiger partial charge in [0.2, 0.25) is 0 Å². The van der Waals surface area contributed by atoms with Gasteiger partial charge in [0.05, 0.1) is 12.0 Å². The summed E-state index contributed by atoms with van der Waals surface area (Å²) in [7, 11) is 1.54. The molecule has 0 unspecified atom stereocenters. The van der Waals surface area contributed by atoms with E-state index in [9.17, 15) is 14.9 Å². The number of amides is 1. The predicted molar refractivity (Wildman–Crippen MR) is 99.0 cm³/mol. The largest absolute Gasteiger partial charge is 0.496 e. The maximum atomic E-state index is 12.2. The summed E-state index contributed by atoms with van der Waals surface area (Å²) >= 11 is 0. The van der Waals surface area contributed by atoms with E-state index in [0.717, 1.165) is 5.56 Å². The average molecular weight is 371 g/mol. The van der Waals surface area contributed by atoms with Crippen LogP contribution in [0.5, 0.6) is 11.5 Å². The molecule has 27 heavy (non-hydrogen) atoms. The van der Waals surface area contributed by atoms with E-state index in [2.05, 4.69) is 4.90 Å². The second-order valence-corrected chi connectivity index (χ2v) is 6.20. The third kappa shape index (κ3) is 4.73. The van der Waals surface area contributed by atoms with Crippen molar-refractivity contribution in [2.24, 2.45) is 0 Å². The standard InChI is InChI=1S/C19H21N3O5/c1-26-18-8-7-16(22(24)25)13-15(18)14-20-9-11-21(12-10-20)19(23)27-17-5-3-2-4-6-17/h2-8,13H,9-12,14H2,1H3. The Balaban J connectivity index is 1.57. The van der Waals surface area contributed by atoms with Crippen molar-refractivity contribution < 1.29 is 19.2 Å². The smallest absolute Gasteiger partial charge is 0.415 e. The van der Waals surface area contributed by atoms with Crippen LogP contribution in [-0.4, -0.2) is 54.1 Å². The van der Waals surface area contributed by atoms with Crippen molar-refractivity contribution in [3.63, 3.8) is 0 Å². The molecule has 3 rings (SSSR count). The zero-order valence-corrected chi connectivity index (χ0v) is 15.0. The first-order valence-electron chi connectivity index (χ1n) is 8.62. The number of nitro benzene ring substituents is 1. The van der Waals surface area contributed by atoms with E-state index >= 15 is 0 Å². The highest BCUT2D eigenvalue weighted by molar-refractivity contribution is 5.70. The zero-order chi connectivity index (χ0) is 19.2. The number of rotatable bonds is 5. The molecule has 0 saturated carbocycles. The summed E-state index contributed by atoms with van der Waals surface area (Å²) in [6.07, 6.45) is -0.367. The zero-order valence-electron chi connectivity index (χ0n) is 15.0. The van der Waals surface area contributed by atoms with Gasteiger partial charge in [0.15, 0.2) is 0 Å². The molecule has 1 aliphatic heterocycles. The third-order valence-electron chi connectivity index (χ3n) is 4.45. The van der Waals surface area contributed by atoms with Crippen molar-refractivity contribution in [1.82, 2.24) is 9.80 Å². The summed E-state index contributed by atoms with van der Waals surface area (Å²) in [6.45, 7) is 2.88. The number of carbonyl (C=O) groups is 1. The molecule has 2 aromatic rings. The topological polar surface area (TPSA) is 85.2 Å². The number of hydrogen-bond donors (Lipinski definition) is 0. The molecule has 142 valence electrons. The van der Waals surface area contributed by atoms with Crippen LogP contribution in [0.4, 0.5) is 10.5 Å². The van der Waals surface area contributed by atoms with E-state index in [4.69, 9.17) is 9.47 Å². The Bertz CT molecular complexity index is 804. The Hall–Kier alpha value is -3.13. The van der Waals surface area contributed by atoms with Crippen LogP contribution >= 0.6 is 0 Å². The van der Waals surface area contributed by atoms with Crippen LogP contribution in [0, 0.1) is 10.1 Å². The van der Waals surface area contributed by atoms with E-state index in [1.54, 1.807) is 30.2 Å². The van der Waals surface area contributed by atoms with Crippen molar-refractivity contribution in [2.45, 2.75) is 6.54 Å². The molecule has 0 spiro atoms. The van der Waals surface area contributed by atoms with Gasteiger partial charge in [-0.15, -0.1) is 0 Å². The van der Waals surface area contributed by atoms with E-state index in [1.165, 1.54) is 12.1 Å². The van der Waals surface area contributed by atoms with E-state index < -0.39 is 4.92 Å². The van der Waals surface area contributed by atoms with Gasteiger partial charge < -0.3 is 14.4 Å². The van der Waals surface area contributed by atoms with Crippen molar-refractivity contribution in [1.29, 1.82) is 0 Å². The lowest BCUT2D eigenvalue weighted by atomic mass is 10.1. The summed E-state index contributed by atoms with van der Waals surface area (Å²) in [6, 6.07) is 13.5. The molecular weight excluding hydrogens is 350 g/mol.